The molecule has 1 unspecified atom stereocenters. The molecule has 16 heavy (non-hydrogen) atoms. The van der Waals surface area contributed by atoms with Gasteiger partial charge >= 0.3 is 5.97 Å². The summed E-state index contributed by atoms with van der Waals surface area (Å²) in [5, 5.41) is 11.1. The van der Waals surface area contributed by atoms with Crippen LogP contribution in [0, 0.1) is 0 Å². The topological polar surface area (TPSA) is 79.3 Å². The minimum absolute atomic E-state index is 0.0674. The van der Waals surface area contributed by atoms with E-state index < -0.39 is 5.97 Å². The van der Waals surface area contributed by atoms with Crippen LogP contribution in [0.25, 0.3) is 0 Å². The molecule has 0 spiro atoms. The van der Waals surface area contributed by atoms with Gasteiger partial charge in [0.25, 0.3) is 0 Å². The zero-order valence-electron chi connectivity index (χ0n) is 9.01. The van der Waals surface area contributed by atoms with Gasteiger partial charge in [-0.2, -0.15) is 0 Å². The van der Waals surface area contributed by atoms with E-state index in [4.69, 9.17) is 5.11 Å². The number of pyridine rings is 1. The summed E-state index contributed by atoms with van der Waals surface area (Å²) in [6.45, 7) is 1.67. The lowest BCUT2D eigenvalue weighted by Gasteiger charge is -2.11. The van der Waals surface area contributed by atoms with E-state index in [0.717, 1.165) is 5.56 Å². The molecule has 1 rings (SSSR count). The number of amides is 1. The van der Waals surface area contributed by atoms with Crippen LogP contribution in [-0.4, -0.2) is 28.0 Å². The second kappa shape index (κ2) is 5.85. The lowest BCUT2D eigenvalue weighted by Crippen LogP contribution is -2.35. The summed E-state index contributed by atoms with van der Waals surface area (Å²) in [6, 6.07) is 3.15. The monoisotopic (exact) mass is 222 g/mol. The Kier molecular flexibility index (Phi) is 4.44. The molecule has 0 aliphatic rings. The second-order valence-electron chi connectivity index (χ2n) is 3.60. The average molecular weight is 222 g/mol. The number of carboxylic acids is 1. The number of rotatable bonds is 5. The Labute approximate surface area is 93.5 Å². The van der Waals surface area contributed by atoms with E-state index in [0.29, 0.717) is 0 Å². The van der Waals surface area contributed by atoms with Crippen molar-refractivity contribution in [2.24, 2.45) is 0 Å². The Morgan fingerprint density at radius 3 is 2.62 bits per heavy atom. The number of carboxylic acid groups (broad SMARTS) is 1. The SMILES string of the molecule is CC(CC(=O)O)NC(=O)Cc1ccncc1. The van der Waals surface area contributed by atoms with Crippen molar-refractivity contribution < 1.29 is 14.7 Å². The normalized spacial score (nSPS) is 11.8. The summed E-state index contributed by atoms with van der Waals surface area (Å²) >= 11 is 0. The van der Waals surface area contributed by atoms with Crippen LogP contribution in [0.3, 0.4) is 0 Å². The first-order valence-corrected chi connectivity index (χ1v) is 4.98. The Morgan fingerprint density at radius 2 is 2.06 bits per heavy atom. The van der Waals surface area contributed by atoms with Crippen molar-refractivity contribution in [3.63, 3.8) is 0 Å². The van der Waals surface area contributed by atoms with Gasteiger partial charge in [-0.3, -0.25) is 14.6 Å². The molecule has 0 radical (unpaired) electrons. The van der Waals surface area contributed by atoms with E-state index in [9.17, 15) is 9.59 Å². The molecule has 5 nitrogen and oxygen atoms in total. The van der Waals surface area contributed by atoms with Crippen LogP contribution in [0.1, 0.15) is 18.9 Å². The van der Waals surface area contributed by atoms with Crippen molar-refractivity contribution in [3.05, 3.63) is 30.1 Å². The number of carbonyl (C=O) groups is 2. The van der Waals surface area contributed by atoms with E-state index in [1.807, 2.05) is 0 Å². The number of hydrogen-bond acceptors (Lipinski definition) is 3. The third kappa shape index (κ3) is 4.54. The standard InChI is InChI=1S/C11H14N2O3/c1-8(6-11(15)16)13-10(14)7-9-2-4-12-5-3-9/h2-5,8H,6-7H2,1H3,(H,13,14)(H,15,16). The minimum atomic E-state index is -0.920. The van der Waals surface area contributed by atoms with Gasteiger partial charge in [0.1, 0.15) is 0 Å². The molecule has 0 aromatic carbocycles. The van der Waals surface area contributed by atoms with Crippen LogP contribution >= 0.6 is 0 Å². The van der Waals surface area contributed by atoms with Crippen LogP contribution in [0.5, 0.6) is 0 Å². The highest BCUT2D eigenvalue weighted by molar-refractivity contribution is 5.79. The molecular formula is C11H14N2O3. The van der Waals surface area contributed by atoms with Crippen molar-refractivity contribution in [2.75, 3.05) is 0 Å². The molecular weight excluding hydrogens is 208 g/mol. The van der Waals surface area contributed by atoms with E-state index in [2.05, 4.69) is 10.3 Å². The number of aromatic nitrogens is 1. The van der Waals surface area contributed by atoms with E-state index in [1.165, 1.54) is 0 Å². The fourth-order valence-corrected chi connectivity index (χ4v) is 1.32. The molecule has 0 aliphatic carbocycles. The third-order valence-electron chi connectivity index (χ3n) is 2.00. The van der Waals surface area contributed by atoms with Crippen LogP contribution in [0.2, 0.25) is 0 Å². The summed E-state index contributed by atoms with van der Waals surface area (Å²) in [6.07, 6.45) is 3.40. The van der Waals surface area contributed by atoms with Crippen molar-refractivity contribution in [2.45, 2.75) is 25.8 Å². The summed E-state index contributed by atoms with van der Waals surface area (Å²) in [5.41, 5.74) is 0.857. The fraction of sp³-hybridized carbons (Fsp3) is 0.364. The quantitative estimate of drug-likeness (QED) is 0.764. The van der Waals surface area contributed by atoms with Gasteiger partial charge in [0.15, 0.2) is 0 Å². The summed E-state index contributed by atoms with van der Waals surface area (Å²) < 4.78 is 0. The first-order valence-electron chi connectivity index (χ1n) is 4.98. The summed E-state index contributed by atoms with van der Waals surface area (Å²) in [7, 11) is 0. The molecule has 0 bridgehead atoms. The van der Waals surface area contributed by atoms with Gasteiger partial charge < -0.3 is 10.4 Å². The molecule has 1 heterocycles. The highest BCUT2D eigenvalue weighted by atomic mass is 16.4. The molecule has 1 aromatic rings. The minimum Gasteiger partial charge on any atom is -0.481 e. The predicted molar refractivity (Wildman–Crippen MR) is 57.8 cm³/mol. The first-order chi connectivity index (χ1) is 7.58. The molecule has 1 aromatic heterocycles. The molecule has 0 saturated heterocycles. The molecule has 86 valence electrons. The molecule has 1 atom stereocenters. The van der Waals surface area contributed by atoms with Gasteiger partial charge in [0.05, 0.1) is 12.8 Å². The summed E-state index contributed by atoms with van der Waals surface area (Å²) in [5.74, 6) is -1.10. The lowest BCUT2D eigenvalue weighted by molar-refractivity contribution is -0.137. The van der Waals surface area contributed by atoms with Gasteiger partial charge in [-0.05, 0) is 24.6 Å². The Hall–Kier alpha value is -1.91. The second-order valence-corrected chi connectivity index (χ2v) is 3.60. The van der Waals surface area contributed by atoms with Crippen LogP contribution in [-0.2, 0) is 16.0 Å². The fourth-order valence-electron chi connectivity index (χ4n) is 1.32. The molecule has 1 amide bonds. The maximum atomic E-state index is 11.5. The Balaban J connectivity index is 2.39. The maximum absolute atomic E-state index is 11.5. The van der Waals surface area contributed by atoms with Gasteiger partial charge in [-0.1, -0.05) is 0 Å². The number of hydrogen-bond donors (Lipinski definition) is 2. The highest BCUT2D eigenvalue weighted by Crippen LogP contribution is 1.98. The molecule has 2 N–H and O–H groups in total. The van der Waals surface area contributed by atoms with E-state index in [-0.39, 0.29) is 24.8 Å². The third-order valence-corrected chi connectivity index (χ3v) is 2.00. The molecule has 0 aliphatic heterocycles. The number of aliphatic carboxylic acids is 1. The van der Waals surface area contributed by atoms with Crippen molar-refractivity contribution in [1.82, 2.24) is 10.3 Å². The van der Waals surface area contributed by atoms with Crippen LogP contribution in [0.15, 0.2) is 24.5 Å². The number of nitrogens with zero attached hydrogens (tertiary/aromatic N) is 1. The van der Waals surface area contributed by atoms with Crippen molar-refractivity contribution in [1.29, 1.82) is 0 Å². The number of nitrogens with one attached hydrogen (secondary N) is 1. The lowest BCUT2D eigenvalue weighted by atomic mass is 10.1. The van der Waals surface area contributed by atoms with E-state index >= 15 is 0 Å². The number of carbonyl (C=O) groups excluding carboxylic acids is 1. The van der Waals surface area contributed by atoms with Crippen LogP contribution in [0.4, 0.5) is 0 Å². The molecule has 0 fully saturated rings. The predicted octanol–water partition coefficient (Wildman–Crippen LogP) is 0.603. The Bertz CT molecular complexity index is 365. The average Bonchev–Trinajstić information content (AvgIpc) is 2.17. The molecule has 5 heteroatoms. The summed E-state index contributed by atoms with van der Waals surface area (Å²) in [4.78, 5) is 25.7. The van der Waals surface area contributed by atoms with Crippen molar-refractivity contribution in [3.8, 4) is 0 Å². The van der Waals surface area contributed by atoms with E-state index in [1.54, 1.807) is 31.5 Å². The maximum Gasteiger partial charge on any atom is 0.305 e. The van der Waals surface area contributed by atoms with Crippen LogP contribution < -0.4 is 5.32 Å². The van der Waals surface area contributed by atoms with Crippen molar-refractivity contribution >= 4 is 11.9 Å². The smallest absolute Gasteiger partial charge is 0.305 e. The highest BCUT2D eigenvalue weighted by Gasteiger charge is 2.10. The zero-order chi connectivity index (χ0) is 12.0. The first kappa shape index (κ1) is 12.2. The Morgan fingerprint density at radius 1 is 1.44 bits per heavy atom. The van der Waals surface area contributed by atoms with Gasteiger partial charge in [0.2, 0.25) is 5.91 Å². The largest absolute Gasteiger partial charge is 0.481 e. The van der Waals surface area contributed by atoms with Gasteiger partial charge in [-0.15, -0.1) is 0 Å². The van der Waals surface area contributed by atoms with Gasteiger partial charge in [-0.25, -0.2) is 0 Å². The molecule has 0 saturated carbocycles. The zero-order valence-corrected chi connectivity index (χ0v) is 9.01. The van der Waals surface area contributed by atoms with Gasteiger partial charge in [0, 0.05) is 18.4 Å².